The number of amides is 1. The first-order chi connectivity index (χ1) is 14.3. The quantitative estimate of drug-likeness (QED) is 0.693. The SMILES string of the molecule is CC(C)Oc1ccc(CNC(=O)c2ccc(CS(=O)(=O)N3CCCCC3)cc2)cc1. The van der Waals surface area contributed by atoms with Gasteiger partial charge in [0, 0.05) is 25.2 Å². The molecule has 0 unspecified atom stereocenters. The summed E-state index contributed by atoms with van der Waals surface area (Å²) in [6, 6.07) is 14.4. The maximum Gasteiger partial charge on any atom is 0.251 e. The van der Waals surface area contributed by atoms with E-state index in [0.717, 1.165) is 30.6 Å². The van der Waals surface area contributed by atoms with Gasteiger partial charge in [-0.1, -0.05) is 30.7 Å². The zero-order chi connectivity index (χ0) is 21.6. The highest BCUT2D eigenvalue weighted by Crippen LogP contribution is 2.18. The summed E-state index contributed by atoms with van der Waals surface area (Å²) < 4.78 is 32.3. The molecule has 1 aliphatic rings. The van der Waals surface area contributed by atoms with E-state index in [-0.39, 0.29) is 17.8 Å². The number of rotatable bonds is 8. The largest absolute Gasteiger partial charge is 0.491 e. The zero-order valence-corrected chi connectivity index (χ0v) is 18.5. The van der Waals surface area contributed by atoms with Gasteiger partial charge in [-0.15, -0.1) is 0 Å². The molecule has 1 saturated heterocycles. The van der Waals surface area contributed by atoms with Crippen LogP contribution in [0.4, 0.5) is 0 Å². The van der Waals surface area contributed by atoms with E-state index in [1.165, 1.54) is 0 Å². The van der Waals surface area contributed by atoms with Crippen LogP contribution in [0.5, 0.6) is 5.75 Å². The van der Waals surface area contributed by atoms with Gasteiger partial charge in [-0.05, 0) is 62.1 Å². The van der Waals surface area contributed by atoms with E-state index in [1.807, 2.05) is 38.1 Å². The van der Waals surface area contributed by atoms with Crippen LogP contribution in [0.3, 0.4) is 0 Å². The Morgan fingerprint density at radius 2 is 1.57 bits per heavy atom. The number of carbonyl (C=O) groups is 1. The molecule has 0 bridgehead atoms. The van der Waals surface area contributed by atoms with Crippen LogP contribution >= 0.6 is 0 Å². The molecule has 1 N–H and O–H groups in total. The molecule has 1 heterocycles. The molecule has 6 nitrogen and oxygen atoms in total. The molecular weight excluding hydrogens is 400 g/mol. The molecule has 0 aromatic heterocycles. The van der Waals surface area contributed by atoms with Gasteiger partial charge < -0.3 is 10.1 Å². The van der Waals surface area contributed by atoms with Crippen LogP contribution in [-0.4, -0.2) is 37.8 Å². The number of sulfonamides is 1. The summed E-state index contributed by atoms with van der Waals surface area (Å²) in [6.45, 7) is 5.57. The first kappa shape index (κ1) is 22.3. The van der Waals surface area contributed by atoms with Crippen molar-refractivity contribution in [3.05, 3.63) is 65.2 Å². The highest BCUT2D eigenvalue weighted by Gasteiger charge is 2.24. The minimum absolute atomic E-state index is 0.0281. The Morgan fingerprint density at radius 1 is 0.967 bits per heavy atom. The van der Waals surface area contributed by atoms with Crippen LogP contribution in [0.15, 0.2) is 48.5 Å². The average Bonchev–Trinajstić information content (AvgIpc) is 2.73. The molecule has 1 aliphatic heterocycles. The maximum atomic E-state index is 12.6. The van der Waals surface area contributed by atoms with Crippen molar-refractivity contribution in [3.8, 4) is 5.75 Å². The highest BCUT2D eigenvalue weighted by molar-refractivity contribution is 7.88. The van der Waals surface area contributed by atoms with E-state index in [2.05, 4.69) is 5.32 Å². The Morgan fingerprint density at radius 3 is 2.17 bits per heavy atom. The number of piperidine rings is 1. The van der Waals surface area contributed by atoms with Crippen LogP contribution in [0, 0.1) is 0 Å². The Labute approximate surface area is 179 Å². The average molecular weight is 431 g/mol. The van der Waals surface area contributed by atoms with Crippen molar-refractivity contribution in [1.82, 2.24) is 9.62 Å². The van der Waals surface area contributed by atoms with Crippen molar-refractivity contribution in [2.75, 3.05) is 13.1 Å². The maximum absolute atomic E-state index is 12.6. The first-order valence-electron chi connectivity index (χ1n) is 10.4. The van der Waals surface area contributed by atoms with Gasteiger partial charge in [-0.25, -0.2) is 12.7 Å². The number of ether oxygens (including phenoxy) is 1. The van der Waals surface area contributed by atoms with Gasteiger partial charge in [0.25, 0.3) is 5.91 Å². The summed E-state index contributed by atoms with van der Waals surface area (Å²) in [5, 5.41) is 2.89. The van der Waals surface area contributed by atoms with Crippen molar-refractivity contribution >= 4 is 15.9 Å². The lowest BCUT2D eigenvalue weighted by molar-refractivity contribution is 0.0951. The molecule has 0 spiro atoms. The monoisotopic (exact) mass is 430 g/mol. The number of carbonyl (C=O) groups excluding carboxylic acids is 1. The molecule has 0 atom stereocenters. The standard InChI is InChI=1S/C23H30N2O4S/c1-18(2)29-22-12-8-19(9-13-22)16-24-23(26)21-10-6-20(7-11-21)17-30(27,28)25-14-4-3-5-15-25/h6-13,18H,3-5,14-17H2,1-2H3,(H,24,26). The predicted octanol–water partition coefficient (Wildman–Crippen LogP) is 3.72. The van der Waals surface area contributed by atoms with Gasteiger partial charge in [-0.2, -0.15) is 0 Å². The summed E-state index contributed by atoms with van der Waals surface area (Å²) in [7, 11) is -3.30. The molecule has 7 heteroatoms. The second-order valence-corrected chi connectivity index (χ2v) is 9.87. The van der Waals surface area contributed by atoms with Gasteiger partial charge in [0.15, 0.2) is 0 Å². The third-order valence-electron chi connectivity index (χ3n) is 5.02. The minimum Gasteiger partial charge on any atom is -0.491 e. The van der Waals surface area contributed by atoms with Crippen LogP contribution in [0.25, 0.3) is 0 Å². The lowest BCUT2D eigenvalue weighted by Gasteiger charge is -2.25. The van der Waals surface area contributed by atoms with Crippen molar-refractivity contribution in [3.63, 3.8) is 0 Å². The van der Waals surface area contributed by atoms with Gasteiger partial charge >= 0.3 is 0 Å². The van der Waals surface area contributed by atoms with Crippen LogP contribution in [0.1, 0.15) is 54.6 Å². The molecule has 3 rings (SSSR count). The predicted molar refractivity (Wildman–Crippen MR) is 118 cm³/mol. The summed E-state index contributed by atoms with van der Waals surface area (Å²) in [5.74, 6) is 0.581. The van der Waals surface area contributed by atoms with Crippen molar-refractivity contribution < 1.29 is 17.9 Å². The Bertz CT molecular complexity index is 932. The number of hydrogen-bond donors (Lipinski definition) is 1. The number of hydrogen-bond acceptors (Lipinski definition) is 4. The van der Waals surface area contributed by atoms with E-state index >= 15 is 0 Å². The zero-order valence-electron chi connectivity index (χ0n) is 17.6. The minimum atomic E-state index is -3.30. The normalized spacial score (nSPS) is 15.2. The molecule has 0 aliphatic carbocycles. The number of nitrogens with zero attached hydrogens (tertiary/aromatic N) is 1. The fraction of sp³-hybridized carbons (Fsp3) is 0.435. The highest BCUT2D eigenvalue weighted by atomic mass is 32.2. The molecular formula is C23H30N2O4S. The summed E-state index contributed by atoms with van der Waals surface area (Å²) in [5.41, 5.74) is 2.18. The lowest BCUT2D eigenvalue weighted by Crippen LogP contribution is -2.36. The van der Waals surface area contributed by atoms with E-state index in [1.54, 1.807) is 28.6 Å². The van der Waals surface area contributed by atoms with Crippen LogP contribution in [-0.2, 0) is 22.3 Å². The van der Waals surface area contributed by atoms with Crippen molar-refractivity contribution in [2.24, 2.45) is 0 Å². The molecule has 30 heavy (non-hydrogen) atoms. The molecule has 162 valence electrons. The summed E-state index contributed by atoms with van der Waals surface area (Å²) in [4.78, 5) is 12.4. The van der Waals surface area contributed by atoms with Gasteiger partial charge in [0.05, 0.1) is 11.9 Å². The number of nitrogens with one attached hydrogen (secondary N) is 1. The summed E-state index contributed by atoms with van der Waals surface area (Å²) in [6.07, 6.45) is 3.05. The fourth-order valence-corrected chi connectivity index (χ4v) is 5.05. The summed E-state index contributed by atoms with van der Waals surface area (Å²) >= 11 is 0. The van der Waals surface area contributed by atoms with Gasteiger partial charge in [-0.3, -0.25) is 4.79 Å². The molecule has 0 radical (unpaired) electrons. The molecule has 1 amide bonds. The Hall–Kier alpha value is -2.38. The molecule has 1 fully saturated rings. The number of benzene rings is 2. The fourth-order valence-electron chi connectivity index (χ4n) is 3.44. The van der Waals surface area contributed by atoms with Gasteiger partial charge in [0.2, 0.25) is 10.0 Å². The van der Waals surface area contributed by atoms with Crippen LogP contribution < -0.4 is 10.1 Å². The van der Waals surface area contributed by atoms with Gasteiger partial charge in [0.1, 0.15) is 5.75 Å². The van der Waals surface area contributed by atoms with E-state index in [4.69, 9.17) is 4.74 Å². The third kappa shape index (κ3) is 6.31. The lowest BCUT2D eigenvalue weighted by atomic mass is 10.1. The smallest absolute Gasteiger partial charge is 0.251 e. The topological polar surface area (TPSA) is 75.7 Å². The molecule has 0 saturated carbocycles. The van der Waals surface area contributed by atoms with Crippen LogP contribution in [0.2, 0.25) is 0 Å². The van der Waals surface area contributed by atoms with E-state index in [0.29, 0.717) is 30.8 Å². The van der Waals surface area contributed by atoms with E-state index < -0.39 is 10.0 Å². The molecule has 2 aromatic carbocycles. The third-order valence-corrected chi connectivity index (χ3v) is 6.87. The van der Waals surface area contributed by atoms with Crippen molar-refractivity contribution in [1.29, 1.82) is 0 Å². The van der Waals surface area contributed by atoms with E-state index in [9.17, 15) is 13.2 Å². The van der Waals surface area contributed by atoms with Crippen molar-refractivity contribution in [2.45, 2.75) is 51.5 Å². The Balaban J connectivity index is 1.53. The second kappa shape index (κ2) is 10.1. The molecule has 2 aromatic rings. The second-order valence-electron chi connectivity index (χ2n) is 7.91. The first-order valence-corrected chi connectivity index (χ1v) is 12.0. The Kier molecular flexibility index (Phi) is 7.50.